The van der Waals surface area contributed by atoms with Crippen molar-refractivity contribution in [3.8, 4) is 5.75 Å². The first kappa shape index (κ1) is 17.0. The van der Waals surface area contributed by atoms with E-state index in [-0.39, 0.29) is 11.8 Å². The monoisotopic (exact) mass is 325 g/mol. The molecule has 2 atom stereocenters. The maximum Gasteiger partial charge on any atom is 0.118 e. The third-order valence-corrected chi connectivity index (χ3v) is 5.37. The molecular weight excluding hydrogens is 298 g/mol. The van der Waals surface area contributed by atoms with Gasteiger partial charge in [-0.2, -0.15) is 0 Å². The highest BCUT2D eigenvalue weighted by Crippen LogP contribution is 2.41. The van der Waals surface area contributed by atoms with Gasteiger partial charge in [0.15, 0.2) is 0 Å². The predicted molar refractivity (Wildman–Crippen MR) is 96.9 cm³/mol. The standard InChI is InChI=1S/C21H27NO2/c1-16-13-22(15-18-7-5-4-6-8-18)14-17(2)21(16,23)19-9-11-20(24-3)12-10-19/h4-12,16-17,23H,13-15H2,1-3H3. The molecule has 2 unspecified atom stereocenters. The van der Waals surface area contributed by atoms with E-state index in [9.17, 15) is 5.11 Å². The summed E-state index contributed by atoms with van der Waals surface area (Å²) in [5.41, 5.74) is 1.52. The first-order valence-electron chi connectivity index (χ1n) is 8.67. The Hall–Kier alpha value is -1.84. The van der Waals surface area contributed by atoms with Crippen molar-refractivity contribution in [3.63, 3.8) is 0 Å². The molecule has 0 aromatic heterocycles. The van der Waals surface area contributed by atoms with Gasteiger partial charge in [0.2, 0.25) is 0 Å². The van der Waals surface area contributed by atoms with Crippen molar-refractivity contribution in [2.24, 2.45) is 11.8 Å². The Bertz CT molecular complexity index is 641. The van der Waals surface area contributed by atoms with Crippen molar-refractivity contribution in [1.29, 1.82) is 0 Å². The molecule has 1 heterocycles. The molecule has 0 saturated carbocycles. The summed E-state index contributed by atoms with van der Waals surface area (Å²) in [6.07, 6.45) is 0. The van der Waals surface area contributed by atoms with Crippen LogP contribution in [0, 0.1) is 11.8 Å². The van der Waals surface area contributed by atoms with Gasteiger partial charge in [0.1, 0.15) is 5.75 Å². The number of ether oxygens (including phenoxy) is 1. The Balaban J connectivity index is 1.77. The average molecular weight is 325 g/mol. The van der Waals surface area contributed by atoms with Crippen LogP contribution in [0.3, 0.4) is 0 Å². The van der Waals surface area contributed by atoms with Gasteiger partial charge in [-0.25, -0.2) is 0 Å². The fourth-order valence-electron chi connectivity index (χ4n) is 4.01. The highest BCUT2D eigenvalue weighted by Gasteiger charge is 2.45. The molecule has 1 aliphatic rings. The summed E-state index contributed by atoms with van der Waals surface area (Å²) in [6, 6.07) is 18.4. The number of methoxy groups -OCH3 is 1. The normalized spacial score (nSPS) is 27.8. The molecule has 3 heteroatoms. The zero-order chi connectivity index (χ0) is 17.2. The smallest absolute Gasteiger partial charge is 0.118 e. The third kappa shape index (κ3) is 3.19. The topological polar surface area (TPSA) is 32.7 Å². The minimum atomic E-state index is -0.792. The molecule has 3 nitrogen and oxygen atoms in total. The minimum Gasteiger partial charge on any atom is -0.497 e. The summed E-state index contributed by atoms with van der Waals surface area (Å²) in [6.45, 7) is 7.02. The van der Waals surface area contributed by atoms with E-state index >= 15 is 0 Å². The van der Waals surface area contributed by atoms with E-state index in [1.807, 2.05) is 30.3 Å². The molecule has 1 N–H and O–H groups in total. The third-order valence-electron chi connectivity index (χ3n) is 5.37. The Kier molecular flexibility index (Phi) is 4.93. The molecule has 1 fully saturated rings. The molecule has 3 rings (SSSR count). The number of hydrogen-bond acceptors (Lipinski definition) is 3. The number of benzene rings is 2. The van der Waals surface area contributed by atoms with Crippen LogP contribution in [-0.4, -0.2) is 30.2 Å². The molecule has 0 radical (unpaired) electrons. The summed E-state index contributed by atoms with van der Waals surface area (Å²) in [4.78, 5) is 2.45. The van der Waals surface area contributed by atoms with Gasteiger partial charge in [-0.3, -0.25) is 4.90 Å². The highest BCUT2D eigenvalue weighted by molar-refractivity contribution is 5.32. The molecule has 2 aromatic carbocycles. The first-order chi connectivity index (χ1) is 11.5. The second kappa shape index (κ2) is 6.96. The number of hydrogen-bond donors (Lipinski definition) is 1. The van der Waals surface area contributed by atoms with Crippen LogP contribution in [-0.2, 0) is 12.1 Å². The second-order valence-electron chi connectivity index (χ2n) is 7.04. The van der Waals surface area contributed by atoms with Crippen LogP contribution in [0.2, 0.25) is 0 Å². The van der Waals surface area contributed by atoms with Crippen LogP contribution in [0.1, 0.15) is 25.0 Å². The van der Waals surface area contributed by atoms with Crippen LogP contribution < -0.4 is 4.74 Å². The van der Waals surface area contributed by atoms with E-state index in [4.69, 9.17) is 4.74 Å². The van der Waals surface area contributed by atoms with Crippen LogP contribution in [0.5, 0.6) is 5.75 Å². The molecule has 1 saturated heterocycles. The van der Waals surface area contributed by atoms with Gasteiger partial charge in [-0.1, -0.05) is 56.3 Å². The number of likely N-dealkylation sites (tertiary alicyclic amines) is 1. The number of aliphatic hydroxyl groups is 1. The van der Waals surface area contributed by atoms with Gasteiger partial charge >= 0.3 is 0 Å². The minimum absolute atomic E-state index is 0.165. The van der Waals surface area contributed by atoms with Gasteiger partial charge in [-0.05, 0) is 23.3 Å². The van der Waals surface area contributed by atoms with Gasteiger partial charge in [0.05, 0.1) is 12.7 Å². The van der Waals surface area contributed by atoms with Crippen molar-refractivity contribution < 1.29 is 9.84 Å². The molecule has 0 spiro atoms. The molecule has 1 aliphatic heterocycles. The fraction of sp³-hybridized carbons (Fsp3) is 0.429. The van der Waals surface area contributed by atoms with E-state index < -0.39 is 5.60 Å². The number of rotatable bonds is 4. The summed E-state index contributed by atoms with van der Waals surface area (Å²) in [5.74, 6) is 1.15. The Morgan fingerprint density at radius 2 is 1.58 bits per heavy atom. The lowest BCUT2D eigenvalue weighted by Gasteiger charge is -2.48. The van der Waals surface area contributed by atoms with Crippen molar-refractivity contribution in [2.75, 3.05) is 20.2 Å². The van der Waals surface area contributed by atoms with Crippen LogP contribution in [0.15, 0.2) is 54.6 Å². The van der Waals surface area contributed by atoms with Crippen LogP contribution >= 0.6 is 0 Å². The van der Waals surface area contributed by atoms with Gasteiger partial charge < -0.3 is 9.84 Å². The summed E-state index contributed by atoms with van der Waals surface area (Å²) in [5, 5.41) is 11.5. The maximum absolute atomic E-state index is 11.5. The van der Waals surface area contributed by atoms with Crippen LogP contribution in [0.4, 0.5) is 0 Å². The zero-order valence-corrected chi connectivity index (χ0v) is 14.8. The Morgan fingerprint density at radius 1 is 1.00 bits per heavy atom. The van der Waals surface area contributed by atoms with E-state index in [2.05, 4.69) is 43.0 Å². The molecular formula is C21H27NO2. The molecule has 0 amide bonds. The van der Waals surface area contributed by atoms with Gasteiger partial charge in [0.25, 0.3) is 0 Å². The Labute approximate surface area is 144 Å². The summed E-state index contributed by atoms with van der Waals surface area (Å²) in [7, 11) is 1.66. The SMILES string of the molecule is COc1ccc(C2(O)C(C)CN(Cc3ccccc3)CC2C)cc1. The summed E-state index contributed by atoms with van der Waals surface area (Å²) >= 11 is 0. The Morgan fingerprint density at radius 3 is 2.12 bits per heavy atom. The quantitative estimate of drug-likeness (QED) is 0.931. The molecule has 2 aromatic rings. The van der Waals surface area contributed by atoms with Gasteiger partial charge in [0, 0.05) is 31.5 Å². The first-order valence-corrected chi connectivity index (χ1v) is 8.67. The summed E-state index contributed by atoms with van der Waals surface area (Å²) < 4.78 is 5.24. The fourth-order valence-corrected chi connectivity index (χ4v) is 4.01. The second-order valence-corrected chi connectivity index (χ2v) is 7.04. The molecule has 24 heavy (non-hydrogen) atoms. The maximum atomic E-state index is 11.5. The lowest BCUT2D eigenvalue weighted by atomic mass is 9.70. The van der Waals surface area contributed by atoms with Crippen molar-refractivity contribution in [3.05, 3.63) is 65.7 Å². The van der Waals surface area contributed by atoms with Crippen molar-refractivity contribution in [2.45, 2.75) is 26.0 Å². The predicted octanol–water partition coefficient (Wildman–Crippen LogP) is 3.67. The van der Waals surface area contributed by atoms with Crippen LogP contribution in [0.25, 0.3) is 0 Å². The highest BCUT2D eigenvalue weighted by atomic mass is 16.5. The lowest BCUT2D eigenvalue weighted by molar-refractivity contribution is -0.114. The molecule has 128 valence electrons. The van der Waals surface area contributed by atoms with E-state index in [0.717, 1.165) is 30.9 Å². The zero-order valence-electron chi connectivity index (χ0n) is 14.8. The average Bonchev–Trinajstić information content (AvgIpc) is 2.60. The van der Waals surface area contributed by atoms with Crippen molar-refractivity contribution >= 4 is 0 Å². The van der Waals surface area contributed by atoms with E-state index in [1.165, 1.54) is 5.56 Å². The molecule has 0 bridgehead atoms. The molecule has 0 aliphatic carbocycles. The van der Waals surface area contributed by atoms with Crippen molar-refractivity contribution in [1.82, 2.24) is 4.90 Å². The van der Waals surface area contributed by atoms with E-state index in [0.29, 0.717) is 0 Å². The van der Waals surface area contributed by atoms with E-state index in [1.54, 1.807) is 7.11 Å². The van der Waals surface area contributed by atoms with Gasteiger partial charge in [-0.15, -0.1) is 0 Å². The lowest BCUT2D eigenvalue weighted by Crippen LogP contribution is -2.54. The number of nitrogens with zero attached hydrogens (tertiary/aromatic N) is 1. The number of piperidine rings is 1. The largest absolute Gasteiger partial charge is 0.497 e.